The second-order valence-electron chi connectivity index (χ2n) is 4.11. The maximum absolute atomic E-state index is 5.83. The average Bonchev–Trinajstić information content (AvgIpc) is 2.56. The highest BCUT2D eigenvalue weighted by atomic mass is 35.5. The Kier molecular flexibility index (Phi) is 3.69. The largest absolute Gasteiger partial charge is 0.379 e. The van der Waals surface area contributed by atoms with Crippen LogP contribution in [0.3, 0.4) is 0 Å². The van der Waals surface area contributed by atoms with Crippen LogP contribution >= 0.6 is 22.9 Å². The monoisotopic (exact) mass is 266 g/mol. The molecular weight excluding hydrogens is 252 g/mol. The summed E-state index contributed by atoms with van der Waals surface area (Å²) in [4.78, 5) is 6.81. The molecule has 0 aromatic carbocycles. The summed E-state index contributed by atoms with van der Waals surface area (Å²) in [6.07, 6.45) is 1.78. The number of nitrogens with one attached hydrogen (secondary N) is 1. The zero-order valence-corrected chi connectivity index (χ0v) is 11.7. The molecule has 0 saturated carbocycles. The van der Waals surface area contributed by atoms with Gasteiger partial charge in [0.05, 0.1) is 11.9 Å². The Labute approximate surface area is 111 Å². The summed E-state index contributed by atoms with van der Waals surface area (Å²) in [5.41, 5.74) is 3.51. The van der Waals surface area contributed by atoms with E-state index in [1.54, 1.807) is 6.20 Å². The summed E-state index contributed by atoms with van der Waals surface area (Å²) in [5.74, 6) is 0. The number of rotatable bonds is 3. The molecule has 2 nitrogen and oxygen atoms in total. The lowest BCUT2D eigenvalue weighted by Crippen LogP contribution is -2.01. The fourth-order valence-corrected chi connectivity index (χ4v) is 2.92. The second kappa shape index (κ2) is 5.07. The van der Waals surface area contributed by atoms with E-state index in [1.165, 1.54) is 15.3 Å². The van der Waals surface area contributed by atoms with Crippen LogP contribution in [-0.2, 0) is 6.54 Å². The molecule has 0 radical (unpaired) electrons. The van der Waals surface area contributed by atoms with Gasteiger partial charge in [-0.05, 0) is 44.0 Å². The molecule has 0 atom stereocenters. The average molecular weight is 267 g/mol. The molecule has 0 aliphatic carbocycles. The maximum Gasteiger partial charge on any atom is 0.129 e. The first kappa shape index (κ1) is 12.4. The molecule has 0 saturated heterocycles. The number of pyridine rings is 1. The minimum Gasteiger partial charge on any atom is -0.379 e. The summed E-state index contributed by atoms with van der Waals surface area (Å²) in [5, 5.41) is 3.93. The van der Waals surface area contributed by atoms with Gasteiger partial charge in [-0.2, -0.15) is 0 Å². The zero-order chi connectivity index (χ0) is 12.4. The van der Waals surface area contributed by atoms with Crippen molar-refractivity contribution in [3.8, 4) is 0 Å². The van der Waals surface area contributed by atoms with Gasteiger partial charge in [0.15, 0.2) is 0 Å². The van der Waals surface area contributed by atoms with Gasteiger partial charge in [0, 0.05) is 16.3 Å². The third-order valence-corrected chi connectivity index (χ3v) is 3.91. The van der Waals surface area contributed by atoms with E-state index >= 15 is 0 Å². The number of hydrogen-bond acceptors (Lipinski definition) is 3. The molecule has 4 heteroatoms. The molecule has 0 unspecified atom stereocenters. The van der Waals surface area contributed by atoms with E-state index in [4.69, 9.17) is 11.6 Å². The first-order valence-corrected chi connectivity index (χ1v) is 6.67. The molecular formula is C13H15ClN2S. The van der Waals surface area contributed by atoms with Crippen molar-refractivity contribution < 1.29 is 0 Å². The number of hydrogen-bond donors (Lipinski definition) is 1. The number of halogens is 1. The van der Waals surface area contributed by atoms with E-state index in [2.05, 4.69) is 30.2 Å². The fraction of sp³-hybridized carbons (Fsp3) is 0.308. The predicted molar refractivity (Wildman–Crippen MR) is 75.1 cm³/mol. The quantitative estimate of drug-likeness (QED) is 0.837. The molecule has 2 aromatic rings. The predicted octanol–water partition coefficient (Wildman–Crippen LogP) is 4.33. The summed E-state index contributed by atoms with van der Waals surface area (Å²) in [7, 11) is 0. The standard InChI is InChI=1S/C13H15ClN2S/c1-8-4-13(14)16-7-12(8)15-6-11-5-9(2)17-10(11)3/h4-5,7,15H,6H2,1-3H3. The molecule has 0 aliphatic heterocycles. The Bertz CT molecular complexity index is 534. The van der Waals surface area contributed by atoms with Crippen molar-refractivity contribution in [1.82, 2.24) is 4.98 Å². The Morgan fingerprint density at radius 1 is 1.29 bits per heavy atom. The lowest BCUT2D eigenvalue weighted by Gasteiger charge is -2.08. The van der Waals surface area contributed by atoms with Crippen LogP contribution in [0.4, 0.5) is 5.69 Å². The third kappa shape index (κ3) is 2.99. The maximum atomic E-state index is 5.83. The normalized spacial score (nSPS) is 10.6. The van der Waals surface area contributed by atoms with Crippen LogP contribution in [0.5, 0.6) is 0 Å². The van der Waals surface area contributed by atoms with Crippen LogP contribution in [0.1, 0.15) is 20.9 Å². The van der Waals surface area contributed by atoms with E-state index in [-0.39, 0.29) is 0 Å². The highest BCUT2D eigenvalue weighted by Crippen LogP contribution is 2.23. The van der Waals surface area contributed by atoms with Crippen LogP contribution in [0.25, 0.3) is 0 Å². The molecule has 0 fully saturated rings. The Hall–Kier alpha value is -1.06. The Balaban J connectivity index is 2.10. The van der Waals surface area contributed by atoms with Crippen molar-refractivity contribution in [3.63, 3.8) is 0 Å². The molecule has 0 spiro atoms. The molecule has 1 N–H and O–H groups in total. The third-order valence-electron chi connectivity index (χ3n) is 2.69. The molecule has 2 aromatic heterocycles. The molecule has 0 bridgehead atoms. The zero-order valence-electron chi connectivity index (χ0n) is 10.2. The molecule has 17 heavy (non-hydrogen) atoms. The highest BCUT2D eigenvalue weighted by molar-refractivity contribution is 7.12. The van der Waals surface area contributed by atoms with Gasteiger partial charge in [0.25, 0.3) is 0 Å². The van der Waals surface area contributed by atoms with Gasteiger partial charge in [0.1, 0.15) is 5.15 Å². The van der Waals surface area contributed by atoms with Gasteiger partial charge >= 0.3 is 0 Å². The van der Waals surface area contributed by atoms with Crippen molar-refractivity contribution in [2.75, 3.05) is 5.32 Å². The molecule has 90 valence electrons. The van der Waals surface area contributed by atoms with Gasteiger partial charge in [-0.15, -0.1) is 11.3 Å². The van der Waals surface area contributed by atoms with E-state index in [0.717, 1.165) is 17.8 Å². The first-order chi connectivity index (χ1) is 8.06. The summed E-state index contributed by atoms with van der Waals surface area (Å²) >= 11 is 7.66. The number of nitrogens with zero attached hydrogens (tertiary/aromatic N) is 1. The molecule has 0 amide bonds. The van der Waals surface area contributed by atoms with Crippen molar-refractivity contribution >= 4 is 28.6 Å². The van der Waals surface area contributed by atoms with E-state index in [9.17, 15) is 0 Å². The second-order valence-corrected chi connectivity index (χ2v) is 5.96. The van der Waals surface area contributed by atoms with Crippen molar-refractivity contribution in [3.05, 3.63) is 44.4 Å². The minimum absolute atomic E-state index is 0.538. The van der Waals surface area contributed by atoms with Gasteiger partial charge in [-0.3, -0.25) is 0 Å². The van der Waals surface area contributed by atoms with Crippen LogP contribution in [0.15, 0.2) is 18.3 Å². The molecule has 2 heterocycles. The van der Waals surface area contributed by atoms with E-state index in [0.29, 0.717) is 5.15 Å². The molecule has 0 aliphatic rings. The fourth-order valence-electron chi connectivity index (χ4n) is 1.76. The number of thiophene rings is 1. The lowest BCUT2D eigenvalue weighted by molar-refractivity contribution is 1.12. The minimum atomic E-state index is 0.538. The van der Waals surface area contributed by atoms with Crippen LogP contribution in [0.2, 0.25) is 5.15 Å². The lowest BCUT2D eigenvalue weighted by atomic mass is 10.2. The van der Waals surface area contributed by atoms with E-state index in [1.807, 2.05) is 24.3 Å². The summed E-state index contributed by atoms with van der Waals surface area (Å²) < 4.78 is 0. The van der Waals surface area contributed by atoms with E-state index < -0.39 is 0 Å². The first-order valence-electron chi connectivity index (χ1n) is 5.48. The molecule has 2 rings (SSSR count). The van der Waals surface area contributed by atoms with Gasteiger partial charge < -0.3 is 5.32 Å². The number of anilines is 1. The topological polar surface area (TPSA) is 24.9 Å². The smallest absolute Gasteiger partial charge is 0.129 e. The highest BCUT2D eigenvalue weighted by Gasteiger charge is 2.04. The van der Waals surface area contributed by atoms with Crippen LogP contribution in [-0.4, -0.2) is 4.98 Å². The van der Waals surface area contributed by atoms with Crippen molar-refractivity contribution in [1.29, 1.82) is 0 Å². The van der Waals surface area contributed by atoms with Crippen molar-refractivity contribution in [2.24, 2.45) is 0 Å². The van der Waals surface area contributed by atoms with Gasteiger partial charge in [-0.25, -0.2) is 4.98 Å². The van der Waals surface area contributed by atoms with Gasteiger partial charge in [-0.1, -0.05) is 11.6 Å². The Morgan fingerprint density at radius 2 is 2.06 bits per heavy atom. The van der Waals surface area contributed by atoms with Crippen molar-refractivity contribution in [2.45, 2.75) is 27.3 Å². The summed E-state index contributed by atoms with van der Waals surface area (Å²) in [6.45, 7) is 7.15. The van der Waals surface area contributed by atoms with Crippen LogP contribution in [0, 0.1) is 20.8 Å². The number of aryl methyl sites for hydroxylation is 3. The summed E-state index contributed by atoms with van der Waals surface area (Å²) in [6, 6.07) is 4.10. The SMILES string of the molecule is Cc1cc(CNc2cnc(Cl)cc2C)c(C)s1. The number of aromatic nitrogens is 1. The van der Waals surface area contributed by atoms with Gasteiger partial charge in [0.2, 0.25) is 0 Å². The van der Waals surface area contributed by atoms with Crippen LogP contribution < -0.4 is 5.32 Å². The Morgan fingerprint density at radius 3 is 2.65 bits per heavy atom.